The Hall–Kier alpha value is -1.35. The number of benzene rings is 1. The summed E-state index contributed by atoms with van der Waals surface area (Å²) in [6.45, 7) is 3.53. The van der Waals surface area contributed by atoms with E-state index in [1.807, 2.05) is 24.3 Å². The van der Waals surface area contributed by atoms with Gasteiger partial charge in [0.2, 0.25) is 0 Å². The van der Waals surface area contributed by atoms with E-state index in [0.29, 0.717) is 6.04 Å². The minimum atomic E-state index is 0.0918. The summed E-state index contributed by atoms with van der Waals surface area (Å²) in [6.07, 6.45) is 3.66. The van der Waals surface area contributed by atoms with Gasteiger partial charge in [-0.3, -0.25) is 4.79 Å². The van der Waals surface area contributed by atoms with E-state index in [0.717, 1.165) is 24.3 Å². The Bertz CT molecular complexity index is 399. The number of hydrogen-bond acceptors (Lipinski definition) is 3. The van der Waals surface area contributed by atoms with E-state index in [4.69, 9.17) is 4.74 Å². The highest BCUT2D eigenvalue weighted by Crippen LogP contribution is 2.19. The largest absolute Gasteiger partial charge is 0.494 e. The molecule has 3 nitrogen and oxygen atoms in total. The van der Waals surface area contributed by atoms with Gasteiger partial charge in [-0.05, 0) is 64.0 Å². The number of rotatable bonds is 5. The van der Waals surface area contributed by atoms with E-state index in [-0.39, 0.29) is 5.78 Å². The van der Waals surface area contributed by atoms with Gasteiger partial charge >= 0.3 is 0 Å². The van der Waals surface area contributed by atoms with Crippen molar-refractivity contribution >= 4 is 5.78 Å². The van der Waals surface area contributed by atoms with Crippen LogP contribution in [0.3, 0.4) is 0 Å². The van der Waals surface area contributed by atoms with Gasteiger partial charge in [-0.1, -0.05) is 0 Å². The van der Waals surface area contributed by atoms with Crippen LogP contribution in [0.25, 0.3) is 0 Å². The van der Waals surface area contributed by atoms with Crippen LogP contribution in [-0.2, 0) is 0 Å². The number of Topliss-reactive ketones (excluding diaryl/α,β-unsaturated/α-hetero) is 1. The van der Waals surface area contributed by atoms with Crippen molar-refractivity contribution in [3.05, 3.63) is 29.8 Å². The molecule has 98 valence electrons. The van der Waals surface area contributed by atoms with Gasteiger partial charge in [0, 0.05) is 11.6 Å². The molecule has 18 heavy (non-hydrogen) atoms. The molecule has 1 aromatic rings. The lowest BCUT2D eigenvalue weighted by molar-refractivity contribution is 0.101. The number of likely N-dealkylation sites (tertiary alicyclic amines) is 1. The number of carbonyl (C=O) groups excluding carboxylic acids is 1. The monoisotopic (exact) mass is 247 g/mol. The topological polar surface area (TPSA) is 29.5 Å². The molecular formula is C15H21NO2. The normalized spacial score (nSPS) is 20.0. The molecule has 1 aliphatic heterocycles. The van der Waals surface area contributed by atoms with Crippen molar-refractivity contribution in [2.24, 2.45) is 0 Å². The average molecular weight is 247 g/mol. The number of ketones is 1. The van der Waals surface area contributed by atoms with Crippen LogP contribution in [-0.4, -0.2) is 36.9 Å². The van der Waals surface area contributed by atoms with Gasteiger partial charge in [0.15, 0.2) is 5.78 Å². The van der Waals surface area contributed by atoms with Crippen molar-refractivity contribution in [3.63, 3.8) is 0 Å². The molecule has 1 aromatic carbocycles. The van der Waals surface area contributed by atoms with Gasteiger partial charge < -0.3 is 9.64 Å². The molecule has 1 unspecified atom stereocenters. The van der Waals surface area contributed by atoms with Gasteiger partial charge in [-0.25, -0.2) is 0 Å². The van der Waals surface area contributed by atoms with Crippen molar-refractivity contribution in [3.8, 4) is 5.75 Å². The predicted molar refractivity (Wildman–Crippen MR) is 72.2 cm³/mol. The van der Waals surface area contributed by atoms with Crippen LogP contribution in [0.1, 0.15) is 36.5 Å². The molecule has 1 aliphatic rings. The summed E-state index contributed by atoms with van der Waals surface area (Å²) in [7, 11) is 2.18. The van der Waals surface area contributed by atoms with E-state index >= 15 is 0 Å². The van der Waals surface area contributed by atoms with Crippen LogP contribution in [0.4, 0.5) is 0 Å². The summed E-state index contributed by atoms with van der Waals surface area (Å²) in [6, 6.07) is 8.05. The van der Waals surface area contributed by atoms with E-state index in [1.165, 1.54) is 19.4 Å². The summed E-state index contributed by atoms with van der Waals surface area (Å²) < 4.78 is 5.71. The minimum Gasteiger partial charge on any atom is -0.494 e. The second-order valence-corrected chi connectivity index (χ2v) is 4.99. The maximum atomic E-state index is 11.1. The maximum Gasteiger partial charge on any atom is 0.159 e. The molecule has 1 fully saturated rings. The van der Waals surface area contributed by atoms with Crippen LogP contribution in [0.15, 0.2) is 24.3 Å². The predicted octanol–water partition coefficient (Wildman–Crippen LogP) is 2.75. The molecule has 1 saturated heterocycles. The third kappa shape index (κ3) is 3.33. The fourth-order valence-electron chi connectivity index (χ4n) is 2.44. The van der Waals surface area contributed by atoms with Crippen LogP contribution in [0.5, 0.6) is 5.75 Å². The lowest BCUT2D eigenvalue weighted by atomic mass is 10.1. The molecule has 0 bridgehead atoms. The molecule has 0 saturated carbocycles. The lowest BCUT2D eigenvalue weighted by Crippen LogP contribution is -2.26. The lowest BCUT2D eigenvalue weighted by Gasteiger charge is -2.19. The van der Waals surface area contributed by atoms with Crippen LogP contribution in [0.2, 0.25) is 0 Å². The molecule has 2 rings (SSSR count). The van der Waals surface area contributed by atoms with Gasteiger partial charge in [0.05, 0.1) is 6.61 Å². The molecular weight excluding hydrogens is 226 g/mol. The zero-order valence-corrected chi connectivity index (χ0v) is 11.2. The highest BCUT2D eigenvalue weighted by Gasteiger charge is 2.20. The molecule has 0 radical (unpaired) electrons. The molecule has 3 heteroatoms. The Morgan fingerprint density at radius 2 is 2.11 bits per heavy atom. The highest BCUT2D eigenvalue weighted by molar-refractivity contribution is 5.94. The van der Waals surface area contributed by atoms with Gasteiger partial charge in [0.25, 0.3) is 0 Å². The van der Waals surface area contributed by atoms with Crippen molar-refractivity contribution in [2.45, 2.75) is 32.2 Å². The van der Waals surface area contributed by atoms with Crippen LogP contribution >= 0.6 is 0 Å². The van der Waals surface area contributed by atoms with E-state index in [9.17, 15) is 4.79 Å². The molecule has 1 heterocycles. The molecule has 1 atom stereocenters. The Kier molecular flexibility index (Phi) is 4.37. The molecule has 0 aromatic heterocycles. The summed E-state index contributed by atoms with van der Waals surface area (Å²) in [4.78, 5) is 13.5. The van der Waals surface area contributed by atoms with Crippen molar-refractivity contribution in [1.82, 2.24) is 4.90 Å². The summed E-state index contributed by atoms with van der Waals surface area (Å²) in [5, 5.41) is 0. The molecule has 0 spiro atoms. The molecule has 0 amide bonds. The smallest absolute Gasteiger partial charge is 0.159 e. The first kappa shape index (κ1) is 13.1. The third-order valence-electron chi connectivity index (χ3n) is 3.65. The average Bonchev–Trinajstić information content (AvgIpc) is 2.76. The maximum absolute atomic E-state index is 11.1. The number of hydrogen-bond donors (Lipinski definition) is 0. The molecule has 0 aliphatic carbocycles. The van der Waals surface area contributed by atoms with Gasteiger partial charge in [-0.2, -0.15) is 0 Å². The Morgan fingerprint density at radius 1 is 1.39 bits per heavy atom. The summed E-state index contributed by atoms with van der Waals surface area (Å²) >= 11 is 0. The first-order valence-corrected chi connectivity index (χ1v) is 6.61. The number of carbonyl (C=O) groups is 1. The molecule has 0 N–H and O–H groups in total. The Labute approximate surface area is 109 Å². The second-order valence-electron chi connectivity index (χ2n) is 4.99. The van der Waals surface area contributed by atoms with Gasteiger partial charge in [-0.15, -0.1) is 0 Å². The quantitative estimate of drug-likeness (QED) is 0.749. The summed E-state index contributed by atoms with van der Waals surface area (Å²) in [5.41, 5.74) is 0.734. The van der Waals surface area contributed by atoms with E-state index in [2.05, 4.69) is 11.9 Å². The number of nitrogens with zero attached hydrogens (tertiary/aromatic N) is 1. The Balaban J connectivity index is 1.78. The highest BCUT2D eigenvalue weighted by atomic mass is 16.5. The standard InChI is InChI=1S/C15H21NO2/c1-12(17)13-5-7-15(8-6-13)18-11-9-14-4-3-10-16(14)2/h5-8,14H,3-4,9-11H2,1-2H3. The zero-order valence-electron chi connectivity index (χ0n) is 11.2. The van der Waals surface area contributed by atoms with Crippen LogP contribution < -0.4 is 4.74 Å². The minimum absolute atomic E-state index is 0.0918. The first-order chi connectivity index (χ1) is 8.66. The van der Waals surface area contributed by atoms with E-state index < -0.39 is 0 Å². The van der Waals surface area contributed by atoms with Crippen LogP contribution in [0, 0.1) is 0 Å². The zero-order chi connectivity index (χ0) is 13.0. The Morgan fingerprint density at radius 3 is 2.67 bits per heavy atom. The summed E-state index contributed by atoms with van der Waals surface area (Å²) in [5.74, 6) is 0.940. The fraction of sp³-hybridized carbons (Fsp3) is 0.533. The SMILES string of the molecule is CC(=O)c1ccc(OCCC2CCCN2C)cc1. The van der Waals surface area contributed by atoms with E-state index in [1.54, 1.807) is 6.92 Å². The van der Waals surface area contributed by atoms with Gasteiger partial charge in [0.1, 0.15) is 5.75 Å². The van der Waals surface area contributed by atoms with Crippen molar-refractivity contribution in [1.29, 1.82) is 0 Å². The number of ether oxygens (including phenoxy) is 1. The third-order valence-corrected chi connectivity index (χ3v) is 3.65. The van der Waals surface area contributed by atoms with Crippen molar-refractivity contribution in [2.75, 3.05) is 20.2 Å². The fourth-order valence-corrected chi connectivity index (χ4v) is 2.44. The first-order valence-electron chi connectivity index (χ1n) is 6.61. The second kappa shape index (κ2) is 6.01. The van der Waals surface area contributed by atoms with Crippen molar-refractivity contribution < 1.29 is 9.53 Å².